The molecule has 0 aromatic carbocycles. The van der Waals surface area contributed by atoms with Crippen molar-refractivity contribution in [1.29, 1.82) is 0 Å². The first-order valence-electron chi connectivity index (χ1n) is 6.67. The Kier molecular flexibility index (Phi) is 7.95. The lowest BCUT2D eigenvalue weighted by Gasteiger charge is -2.23. The molecule has 0 saturated carbocycles. The molecule has 0 amide bonds. The summed E-state index contributed by atoms with van der Waals surface area (Å²) in [7, 11) is 0. The highest BCUT2D eigenvalue weighted by molar-refractivity contribution is 5.85. The van der Waals surface area contributed by atoms with E-state index in [9.17, 15) is 0 Å². The van der Waals surface area contributed by atoms with Gasteiger partial charge in [-0.1, -0.05) is 32.3 Å². The standard InChI is InChI=1S/C13H29N3O2/c1-10(9-17)11(2)15-8-6-5-7-13(3,4)12(14)16-18/h10-11,15,17-18H,5-9H2,1-4H3,(H2,14,16). The quantitative estimate of drug-likeness (QED) is 0.166. The third-order valence-electron chi connectivity index (χ3n) is 3.64. The Morgan fingerprint density at radius 1 is 1.33 bits per heavy atom. The first kappa shape index (κ1) is 17.2. The van der Waals surface area contributed by atoms with Gasteiger partial charge in [0.15, 0.2) is 0 Å². The zero-order valence-electron chi connectivity index (χ0n) is 12.1. The highest BCUT2D eigenvalue weighted by atomic mass is 16.4. The van der Waals surface area contributed by atoms with Crippen molar-refractivity contribution >= 4 is 5.84 Å². The summed E-state index contributed by atoms with van der Waals surface area (Å²) in [6, 6.07) is 0.326. The molecule has 0 heterocycles. The second-order valence-electron chi connectivity index (χ2n) is 5.73. The normalized spacial score (nSPS) is 16.6. The summed E-state index contributed by atoms with van der Waals surface area (Å²) in [5.41, 5.74) is 5.38. The van der Waals surface area contributed by atoms with Gasteiger partial charge in [0, 0.05) is 18.1 Å². The van der Waals surface area contributed by atoms with Crippen molar-refractivity contribution in [1.82, 2.24) is 5.32 Å². The van der Waals surface area contributed by atoms with Crippen LogP contribution in [0.5, 0.6) is 0 Å². The summed E-state index contributed by atoms with van der Waals surface area (Å²) in [6.45, 7) is 9.21. The monoisotopic (exact) mass is 259 g/mol. The minimum Gasteiger partial charge on any atom is -0.409 e. The van der Waals surface area contributed by atoms with Gasteiger partial charge in [-0.05, 0) is 32.2 Å². The molecule has 5 N–H and O–H groups in total. The third kappa shape index (κ3) is 6.21. The first-order valence-corrected chi connectivity index (χ1v) is 6.67. The van der Waals surface area contributed by atoms with Crippen LogP contribution in [0.2, 0.25) is 0 Å². The maximum absolute atomic E-state index is 9.01. The predicted octanol–water partition coefficient (Wildman–Crippen LogP) is 1.54. The number of aliphatic hydroxyl groups excluding tert-OH is 1. The molecule has 0 fully saturated rings. The molecule has 0 radical (unpaired) electrons. The summed E-state index contributed by atoms with van der Waals surface area (Å²) in [5, 5.41) is 24.1. The Morgan fingerprint density at radius 3 is 2.44 bits per heavy atom. The minimum absolute atomic E-state index is 0.213. The molecule has 0 saturated heterocycles. The lowest BCUT2D eigenvalue weighted by atomic mass is 9.86. The van der Waals surface area contributed by atoms with Crippen LogP contribution in [0, 0.1) is 11.3 Å². The minimum atomic E-state index is -0.251. The molecule has 0 aliphatic carbocycles. The Bertz CT molecular complexity index is 255. The van der Waals surface area contributed by atoms with Crippen LogP contribution < -0.4 is 11.1 Å². The number of oxime groups is 1. The summed E-state index contributed by atoms with van der Waals surface area (Å²) in [5.74, 6) is 0.566. The van der Waals surface area contributed by atoms with E-state index >= 15 is 0 Å². The highest BCUT2D eigenvalue weighted by Gasteiger charge is 2.22. The smallest absolute Gasteiger partial charge is 0.144 e. The molecule has 0 spiro atoms. The Morgan fingerprint density at radius 2 is 1.94 bits per heavy atom. The van der Waals surface area contributed by atoms with Crippen LogP contribution in [-0.2, 0) is 0 Å². The molecule has 0 aliphatic rings. The molecule has 2 unspecified atom stereocenters. The van der Waals surface area contributed by atoms with Gasteiger partial charge in [-0.2, -0.15) is 0 Å². The van der Waals surface area contributed by atoms with Gasteiger partial charge in [0.05, 0.1) is 0 Å². The number of unbranched alkanes of at least 4 members (excludes halogenated alkanes) is 1. The highest BCUT2D eigenvalue weighted by Crippen LogP contribution is 2.23. The third-order valence-corrected chi connectivity index (χ3v) is 3.64. The largest absolute Gasteiger partial charge is 0.409 e. The second-order valence-corrected chi connectivity index (χ2v) is 5.73. The van der Waals surface area contributed by atoms with Gasteiger partial charge in [-0.3, -0.25) is 0 Å². The topological polar surface area (TPSA) is 90.9 Å². The molecule has 0 bridgehead atoms. The second kappa shape index (κ2) is 8.32. The average Bonchev–Trinajstić information content (AvgIpc) is 2.35. The summed E-state index contributed by atoms with van der Waals surface area (Å²) in [6.07, 6.45) is 2.97. The van der Waals surface area contributed by atoms with Crippen molar-refractivity contribution in [3.8, 4) is 0 Å². The number of aliphatic hydroxyl groups is 1. The summed E-state index contributed by atoms with van der Waals surface area (Å²) in [4.78, 5) is 0. The van der Waals surface area contributed by atoms with Gasteiger partial charge >= 0.3 is 0 Å². The van der Waals surface area contributed by atoms with Crippen LogP contribution in [0.25, 0.3) is 0 Å². The molecular weight excluding hydrogens is 230 g/mol. The molecule has 0 rings (SSSR count). The van der Waals surface area contributed by atoms with Gasteiger partial charge in [0.1, 0.15) is 5.84 Å². The molecule has 108 valence electrons. The van der Waals surface area contributed by atoms with Gasteiger partial charge in [0.2, 0.25) is 0 Å². The van der Waals surface area contributed by atoms with E-state index in [0.29, 0.717) is 6.04 Å². The SMILES string of the molecule is CC(CO)C(C)NCCCCC(C)(C)C(N)=NO. The molecule has 5 heteroatoms. The fourth-order valence-corrected chi connectivity index (χ4v) is 1.64. The van der Waals surface area contributed by atoms with E-state index in [4.69, 9.17) is 16.0 Å². The number of nitrogens with one attached hydrogen (secondary N) is 1. The lowest BCUT2D eigenvalue weighted by molar-refractivity contribution is 0.207. The zero-order valence-corrected chi connectivity index (χ0v) is 12.1. The Balaban J connectivity index is 3.75. The first-order chi connectivity index (χ1) is 8.35. The lowest BCUT2D eigenvalue weighted by Crippen LogP contribution is -2.35. The van der Waals surface area contributed by atoms with Crippen LogP contribution in [0.4, 0.5) is 0 Å². The number of hydrogen-bond donors (Lipinski definition) is 4. The van der Waals surface area contributed by atoms with Gasteiger partial charge < -0.3 is 21.4 Å². The van der Waals surface area contributed by atoms with Crippen molar-refractivity contribution in [3.63, 3.8) is 0 Å². The maximum Gasteiger partial charge on any atom is 0.144 e. The molecule has 2 atom stereocenters. The molecule has 0 aliphatic heterocycles. The number of rotatable bonds is 9. The van der Waals surface area contributed by atoms with Gasteiger partial charge in [-0.15, -0.1) is 0 Å². The van der Waals surface area contributed by atoms with E-state index in [0.717, 1.165) is 25.8 Å². The molecule has 0 aromatic heterocycles. The molecule has 0 aromatic rings. The number of amidine groups is 1. The average molecular weight is 259 g/mol. The Labute approximate surface area is 110 Å². The number of nitrogens with zero attached hydrogens (tertiary/aromatic N) is 1. The fourth-order valence-electron chi connectivity index (χ4n) is 1.64. The van der Waals surface area contributed by atoms with E-state index in [1.165, 1.54) is 0 Å². The number of nitrogens with two attached hydrogens (primary N) is 1. The van der Waals surface area contributed by atoms with Crippen LogP contribution in [0.15, 0.2) is 5.16 Å². The van der Waals surface area contributed by atoms with E-state index in [2.05, 4.69) is 17.4 Å². The van der Waals surface area contributed by atoms with E-state index < -0.39 is 0 Å². The van der Waals surface area contributed by atoms with Crippen molar-refractivity contribution in [2.75, 3.05) is 13.2 Å². The van der Waals surface area contributed by atoms with E-state index in [-0.39, 0.29) is 23.8 Å². The molecule has 5 nitrogen and oxygen atoms in total. The zero-order chi connectivity index (χ0) is 14.2. The number of hydrogen-bond acceptors (Lipinski definition) is 4. The van der Waals surface area contributed by atoms with Crippen molar-refractivity contribution in [2.45, 2.75) is 53.0 Å². The summed E-state index contributed by atoms with van der Waals surface area (Å²) >= 11 is 0. The molecular formula is C13H29N3O2. The van der Waals surface area contributed by atoms with Crippen LogP contribution in [-0.4, -0.2) is 35.3 Å². The predicted molar refractivity (Wildman–Crippen MR) is 74.8 cm³/mol. The van der Waals surface area contributed by atoms with Gasteiger partial charge in [-0.25, -0.2) is 0 Å². The van der Waals surface area contributed by atoms with Crippen LogP contribution >= 0.6 is 0 Å². The van der Waals surface area contributed by atoms with Crippen molar-refractivity contribution in [2.24, 2.45) is 22.2 Å². The van der Waals surface area contributed by atoms with Gasteiger partial charge in [0.25, 0.3) is 0 Å². The van der Waals surface area contributed by atoms with Crippen LogP contribution in [0.1, 0.15) is 47.0 Å². The maximum atomic E-state index is 9.01. The summed E-state index contributed by atoms with van der Waals surface area (Å²) < 4.78 is 0. The van der Waals surface area contributed by atoms with Crippen LogP contribution in [0.3, 0.4) is 0 Å². The molecule has 18 heavy (non-hydrogen) atoms. The van der Waals surface area contributed by atoms with Crippen molar-refractivity contribution in [3.05, 3.63) is 0 Å². The van der Waals surface area contributed by atoms with E-state index in [1.54, 1.807) is 0 Å². The Hall–Kier alpha value is -0.810. The van der Waals surface area contributed by atoms with E-state index in [1.807, 2.05) is 20.8 Å². The fraction of sp³-hybridized carbons (Fsp3) is 0.923. The van der Waals surface area contributed by atoms with Crippen molar-refractivity contribution < 1.29 is 10.3 Å².